The lowest BCUT2D eigenvalue weighted by Gasteiger charge is -2.06. The predicted octanol–water partition coefficient (Wildman–Crippen LogP) is 3.29. The zero-order chi connectivity index (χ0) is 12.4. The van der Waals surface area contributed by atoms with E-state index in [4.69, 9.17) is 0 Å². The molecule has 0 N–H and O–H groups in total. The molecule has 90 valence electrons. The van der Waals surface area contributed by atoms with Crippen molar-refractivity contribution in [3.63, 3.8) is 0 Å². The molecule has 3 heteroatoms. The number of fused-ring (bicyclic) bond motifs is 1. The van der Waals surface area contributed by atoms with Gasteiger partial charge < -0.3 is 0 Å². The van der Waals surface area contributed by atoms with Gasteiger partial charge in [0.15, 0.2) is 0 Å². The molecule has 3 nitrogen and oxygen atoms in total. The van der Waals surface area contributed by atoms with E-state index < -0.39 is 0 Å². The lowest BCUT2D eigenvalue weighted by molar-refractivity contribution is 0.0927. The fraction of sp³-hybridized carbons (Fsp3) is 0.429. The summed E-state index contributed by atoms with van der Waals surface area (Å²) in [5.74, 6) is 0.647. The fourth-order valence-corrected chi connectivity index (χ4v) is 2.02. The maximum Gasteiger partial charge on any atom is 0.244 e. The summed E-state index contributed by atoms with van der Waals surface area (Å²) in [5, 5.41) is 5.25. The number of rotatable bonds is 3. The maximum absolute atomic E-state index is 11.4. The Bertz CT molecular complexity index is 540. The summed E-state index contributed by atoms with van der Waals surface area (Å²) in [7, 11) is 0. The number of carbonyl (C=O) groups excluding carboxylic acids is 1. The molecule has 0 radical (unpaired) electrons. The number of aryl methyl sites for hydroxylation is 1. The van der Waals surface area contributed by atoms with Gasteiger partial charge >= 0.3 is 0 Å². The summed E-state index contributed by atoms with van der Waals surface area (Å²) >= 11 is 0. The van der Waals surface area contributed by atoms with Crippen LogP contribution in [-0.4, -0.2) is 15.7 Å². The van der Waals surface area contributed by atoms with E-state index in [0.717, 1.165) is 23.7 Å². The van der Waals surface area contributed by atoms with Gasteiger partial charge in [-0.15, -0.1) is 0 Å². The molecule has 0 saturated carbocycles. The van der Waals surface area contributed by atoms with Crippen LogP contribution >= 0.6 is 0 Å². The molecule has 0 saturated heterocycles. The predicted molar refractivity (Wildman–Crippen MR) is 69.2 cm³/mol. The molecular formula is C14H18N2O. The summed E-state index contributed by atoms with van der Waals surface area (Å²) in [6.07, 6.45) is 4.00. The van der Waals surface area contributed by atoms with Gasteiger partial charge in [0.2, 0.25) is 5.91 Å². The van der Waals surface area contributed by atoms with Crippen molar-refractivity contribution in [2.45, 2.75) is 33.6 Å². The van der Waals surface area contributed by atoms with Crippen molar-refractivity contribution in [1.29, 1.82) is 0 Å². The second-order valence-corrected chi connectivity index (χ2v) is 4.86. The molecule has 0 atom stereocenters. The standard InChI is InChI=1S/C14H18N2O/c1-10(2)7-8-12-5-4-6-14-13(12)9-15-16(14)11(3)17/h4-6,9-10H,7-8H2,1-3H3. The fourth-order valence-electron chi connectivity index (χ4n) is 2.02. The van der Waals surface area contributed by atoms with Gasteiger partial charge in [0.1, 0.15) is 0 Å². The average Bonchev–Trinajstić information content (AvgIpc) is 2.70. The van der Waals surface area contributed by atoms with E-state index in [0.29, 0.717) is 5.92 Å². The van der Waals surface area contributed by atoms with E-state index in [1.165, 1.54) is 17.2 Å². The van der Waals surface area contributed by atoms with E-state index in [2.05, 4.69) is 25.0 Å². The van der Waals surface area contributed by atoms with Gasteiger partial charge in [0.05, 0.1) is 11.7 Å². The van der Waals surface area contributed by atoms with Crippen molar-refractivity contribution < 1.29 is 4.79 Å². The van der Waals surface area contributed by atoms with E-state index in [9.17, 15) is 4.79 Å². The summed E-state index contributed by atoms with van der Waals surface area (Å²) in [4.78, 5) is 11.4. The van der Waals surface area contributed by atoms with Crippen LogP contribution in [0.15, 0.2) is 24.4 Å². The zero-order valence-electron chi connectivity index (χ0n) is 10.6. The Kier molecular flexibility index (Phi) is 3.27. The van der Waals surface area contributed by atoms with Gasteiger partial charge in [-0.2, -0.15) is 5.10 Å². The van der Waals surface area contributed by atoms with E-state index in [-0.39, 0.29) is 5.91 Å². The van der Waals surface area contributed by atoms with Crippen molar-refractivity contribution in [2.75, 3.05) is 0 Å². The Morgan fingerprint density at radius 3 is 2.82 bits per heavy atom. The highest BCUT2D eigenvalue weighted by atomic mass is 16.2. The van der Waals surface area contributed by atoms with Crippen molar-refractivity contribution in [3.05, 3.63) is 30.0 Å². The first-order valence-corrected chi connectivity index (χ1v) is 6.06. The molecule has 0 spiro atoms. The first-order valence-electron chi connectivity index (χ1n) is 6.06. The maximum atomic E-state index is 11.4. The highest BCUT2D eigenvalue weighted by Gasteiger charge is 2.09. The largest absolute Gasteiger partial charge is 0.273 e. The molecule has 0 unspecified atom stereocenters. The Labute approximate surface area is 101 Å². The van der Waals surface area contributed by atoms with E-state index in [1.54, 1.807) is 6.20 Å². The van der Waals surface area contributed by atoms with Crippen molar-refractivity contribution in [3.8, 4) is 0 Å². The number of hydrogen-bond donors (Lipinski definition) is 0. The number of carbonyl (C=O) groups is 1. The SMILES string of the molecule is CC(=O)n1ncc2c(CCC(C)C)cccc21. The Balaban J connectivity index is 2.41. The molecule has 1 heterocycles. The topological polar surface area (TPSA) is 34.9 Å². The highest BCUT2D eigenvalue weighted by molar-refractivity contribution is 5.91. The zero-order valence-corrected chi connectivity index (χ0v) is 10.6. The molecule has 2 aromatic rings. The van der Waals surface area contributed by atoms with Crippen LogP contribution in [-0.2, 0) is 6.42 Å². The van der Waals surface area contributed by atoms with Crippen molar-refractivity contribution in [2.24, 2.45) is 5.92 Å². The van der Waals surface area contributed by atoms with Gasteiger partial charge in [0, 0.05) is 12.3 Å². The number of benzene rings is 1. The minimum Gasteiger partial charge on any atom is -0.273 e. The van der Waals surface area contributed by atoms with Crippen LogP contribution < -0.4 is 0 Å². The van der Waals surface area contributed by atoms with Crippen LogP contribution in [0.2, 0.25) is 0 Å². The van der Waals surface area contributed by atoms with Crippen LogP contribution in [0, 0.1) is 5.92 Å². The Hall–Kier alpha value is -1.64. The normalized spacial score (nSPS) is 11.3. The van der Waals surface area contributed by atoms with Crippen molar-refractivity contribution in [1.82, 2.24) is 9.78 Å². The van der Waals surface area contributed by atoms with Gasteiger partial charge in [-0.05, 0) is 30.4 Å². The first kappa shape index (κ1) is 11.8. The third-order valence-electron chi connectivity index (χ3n) is 2.99. The number of aromatic nitrogens is 2. The molecule has 2 rings (SSSR count). The highest BCUT2D eigenvalue weighted by Crippen LogP contribution is 2.21. The van der Waals surface area contributed by atoms with Crippen LogP contribution in [0.5, 0.6) is 0 Å². The molecule has 0 bridgehead atoms. The van der Waals surface area contributed by atoms with Crippen LogP contribution in [0.25, 0.3) is 10.9 Å². The van der Waals surface area contributed by atoms with Crippen molar-refractivity contribution >= 4 is 16.8 Å². The lowest BCUT2D eigenvalue weighted by atomic mass is 10.0. The molecule has 0 amide bonds. The van der Waals surface area contributed by atoms with Crippen LogP contribution in [0.3, 0.4) is 0 Å². The summed E-state index contributed by atoms with van der Waals surface area (Å²) in [6, 6.07) is 6.07. The summed E-state index contributed by atoms with van der Waals surface area (Å²) in [6.45, 7) is 5.98. The quantitative estimate of drug-likeness (QED) is 0.811. The van der Waals surface area contributed by atoms with E-state index >= 15 is 0 Å². The molecule has 17 heavy (non-hydrogen) atoms. The molecule has 0 aliphatic heterocycles. The summed E-state index contributed by atoms with van der Waals surface area (Å²) in [5.41, 5.74) is 2.20. The average molecular weight is 230 g/mol. The van der Waals surface area contributed by atoms with Gasteiger partial charge in [0.25, 0.3) is 0 Å². The minimum atomic E-state index is -0.0407. The monoisotopic (exact) mass is 230 g/mol. The van der Waals surface area contributed by atoms with E-state index in [1.807, 2.05) is 12.1 Å². The van der Waals surface area contributed by atoms with Crippen LogP contribution in [0.4, 0.5) is 0 Å². The van der Waals surface area contributed by atoms with Gasteiger partial charge in [-0.1, -0.05) is 26.0 Å². The minimum absolute atomic E-state index is 0.0407. The number of nitrogens with zero attached hydrogens (tertiary/aromatic N) is 2. The summed E-state index contributed by atoms with van der Waals surface area (Å²) < 4.78 is 1.47. The second kappa shape index (κ2) is 4.70. The Morgan fingerprint density at radius 2 is 2.18 bits per heavy atom. The third kappa shape index (κ3) is 2.38. The molecular weight excluding hydrogens is 212 g/mol. The molecule has 1 aromatic carbocycles. The smallest absolute Gasteiger partial charge is 0.244 e. The Morgan fingerprint density at radius 1 is 1.41 bits per heavy atom. The molecule has 0 fully saturated rings. The number of hydrogen-bond acceptors (Lipinski definition) is 2. The first-order chi connectivity index (χ1) is 8.09. The van der Waals surface area contributed by atoms with Gasteiger partial charge in [-0.3, -0.25) is 4.79 Å². The molecule has 0 aliphatic rings. The lowest BCUT2D eigenvalue weighted by Crippen LogP contribution is -2.06. The molecule has 0 aliphatic carbocycles. The van der Waals surface area contributed by atoms with Gasteiger partial charge in [-0.25, -0.2) is 4.68 Å². The third-order valence-corrected chi connectivity index (χ3v) is 2.99. The van der Waals surface area contributed by atoms with Crippen LogP contribution in [0.1, 0.15) is 37.6 Å². The molecule has 1 aromatic heterocycles. The second-order valence-electron chi connectivity index (χ2n) is 4.86.